The van der Waals surface area contributed by atoms with Crippen molar-refractivity contribution in [2.45, 2.75) is 38.8 Å². The van der Waals surface area contributed by atoms with Crippen molar-refractivity contribution in [3.8, 4) is 0 Å². The molecule has 0 spiro atoms. The number of esters is 1. The van der Waals surface area contributed by atoms with Crippen LogP contribution in [0.25, 0.3) is 0 Å². The molecule has 0 bridgehead atoms. The predicted octanol–water partition coefficient (Wildman–Crippen LogP) is 2.30. The zero-order chi connectivity index (χ0) is 21.1. The number of fused-ring (bicyclic) bond motifs is 1. The molecule has 2 amide bonds. The molecule has 0 aromatic heterocycles. The molecule has 1 heterocycles. The van der Waals surface area contributed by atoms with Crippen molar-refractivity contribution in [1.29, 1.82) is 0 Å². The lowest BCUT2D eigenvalue weighted by Gasteiger charge is -2.37. The van der Waals surface area contributed by atoms with Crippen molar-refractivity contribution in [1.82, 2.24) is 4.90 Å². The van der Waals surface area contributed by atoms with Gasteiger partial charge in [-0.3, -0.25) is 9.69 Å². The average Bonchev–Trinajstić information content (AvgIpc) is 2.64. The summed E-state index contributed by atoms with van der Waals surface area (Å²) >= 11 is 0. The fourth-order valence-corrected chi connectivity index (χ4v) is 3.20. The molecule has 1 aromatic rings. The van der Waals surface area contributed by atoms with E-state index in [1.807, 2.05) is 6.07 Å². The van der Waals surface area contributed by atoms with Gasteiger partial charge in [-0.15, -0.1) is 0 Å². The van der Waals surface area contributed by atoms with E-state index in [2.05, 4.69) is 0 Å². The van der Waals surface area contributed by atoms with Crippen LogP contribution in [0.15, 0.2) is 18.2 Å². The molecule has 1 atom stereocenters. The highest BCUT2D eigenvalue weighted by molar-refractivity contribution is 5.95. The molecular weight excluding hydrogens is 364 g/mol. The third kappa shape index (κ3) is 4.62. The minimum absolute atomic E-state index is 0.0510. The number of rotatable bonds is 4. The number of methoxy groups -OCH3 is 2. The third-order valence-corrected chi connectivity index (χ3v) is 4.45. The van der Waals surface area contributed by atoms with Gasteiger partial charge < -0.3 is 19.1 Å². The molecule has 1 aliphatic rings. The van der Waals surface area contributed by atoms with E-state index in [4.69, 9.17) is 14.2 Å². The number of nitrogens with zero attached hydrogens (tertiary/aromatic N) is 2. The van der Waals surface area contributed by atoms with Gasteiger partial charge >= 0.3 is 12.1 Å². The van der Waals surface area contributed by atoms with Crippen molar-refractivity contribution in [3.63, 3.8) is 0 Å². The van der Waals surface area contributed by atoms with Crippen molar-refractivity contribution >= 4 is 23.7 Å². The van der Waals surface area contributed by atoms with Gasteiger partial charge in [0.05, 0.1) is 7.11 Å². The molecule has 0 fully saturated rings. The molecule has 1 unspecified atom stereocenters. The van der Waals surface area contributed by atoms with Crippen LogP contribution in [0.4, 0.5) is 10.5 Å². The van der Waals surface area contributed by atoms with Crippen LogP contribution in [0.2, 0.25) is 0 Å². The van der Waals surface area contributed by atoms with Crippen molar-refractivity contribution < 1.29 is 28.6 Å². The number of likely N-dealkylation sites (N-methyl/N-ethyl adjacent to an activating group) is 1. The van der Waals surface area contributed by atoms with Gasteiger partial charge in [-0.1, -0.05) is 12.1 Å². The molecular formula is C20H28N2O6. The standard InChI is InChI=1S/C20H28N2O6/c1-20(2,3)28-19(25)22-11-10-13-14(17(22)18(24)27-6)8-7-9-15(13)21(4)16(23)12-26-5/h7-9,17H,10-12H2,1-6H3. The third-order valence-electron chi connectivity index (χ3n) is 4.45. The summed E-state index contributed by atoms with van der Waals surface area (Å²) < 4.78 is 15.3. The molecule has 2 rings (SSSR count). The summed E-state index contributed by atoms with van der Waals surface area (Å²) in [7, 11) is 4.39. The topological polar surface area (TPSA) is 85.4 Å². The Morgan fingerprint density at radius 1 is 1.21 bits per heavy atom. The largest absolute Gasteiger partial charge is 0.467 e. The number of hydrogen-bond donors (Lipinski definition) is 0. The van der Waals surface area contributed by atoms with Gasteiger partial charge in [-0.2, -0.15) is 0 Å². The number of carbonyl (C=O) groups is 3. The first-order valence-electron chi connectivity index (χ1n) is 9.05. The van der Waals surface area contributed by atoms with Crippen LogP contribution >= 0.6 is 0 Å². The lowest BCUT2D eigenvalue weighted by molar-refractivity contribution is -0.147. The van der Waals surface area contributed by atoms with E-state index in [9.17, 15) is 14.4 Å². The summed E-state index contributed by atoms with van der Waals surface area (Å²) in [5.74, 6) is -0.769. The first-order chi connectivity index (χ1) is 13.1. The highest BCUT2D eigenvalue weighted by atomic mass is 16.6. The second kappa shape index (κ2) is 8.60. The fraction of sp³-hybridized carbons (Fsp3) is 0.550. The van der Waals surface area contributed by atoms with Gasteiger partial charge in [0.15, 0.2) is 6.04 Å². The summed E-state index contributed by atoms with van der Waals surface area (Å²) in [6.07, 6.45) is -0.106. The highest BCUT2D eigenvalue weighted by Crippen LogP contribution is 2.36. The maximum atomic E-state index is 12.7. The van der Waals surface area contributed by atoms with E-state index in [1.54, 1.807) is 40.0 Å². The molecule has 8 heteroatoms. The molecule has 0 radical (unpaired) electrons. The smallest absolute Gasteiger partial charge is 0.411 e. The molecule has 0 saturated heterocycles. The number of carbonyl (C=O) groups excluding carboxylic acids is 3. The van der Waals surface area contributed by atoms with Crippen LogP contribution in [-0.2, 0) is 30.2 Å². The molecule has 0 aliphatic carbocycles. The number of anilines is 1. The Morgan fingerprint density at radius 3 is 2.46 bits per heavy atom. The van der Waals surface area contributed by atoms with Crippen LogP contribution in [-0.4, -0.2) is 62.9 Å². The van der Waals surface area contributed by atoms with E-state index in [-0.39, 0.29) is 19.1 Å². The lowest BCUT2D eigenvalue weighted by Crippen LogP contribution is -2.46. The van der Waals surface area contributed by atoms with Gasteiger partial charge in [0.1, 0.15) is 12.2 Å². The second-order valence-electron chi connectivity index (χ2n) is 7.58. The maximum Gasteiger partial charge on any atom is 0.411 e. The molecule has 8 nitrogen and oxygen atoms in total. The Labute approximate surface area is 165 Å². The van der Waals surface area contributed by atoms with Crippen LogP contribution in [0.3, 0.4) is 0 Å². The number of hydrogen-bond acceptors (Lipinski definition) is 6. The Balaban J connectivity index is 2.46. The fourth-order valence-electron chi connectivity index (χ4n) is 3.20. The van der Waals surface area contributed by atoms with E-state index >= 15 is 0 Å². The Bertz CT molecular complexity index is 756. The van der Waals surface area contributed by atoms with Crippen LogP contribution in [0, 0.1) is 0 Å². The zero-order valence-corrected chi connectivity index (χ0v) is 17.3. The number of amides is 2. The quantitative estimate of drug-likeness (QED) is 0.731. The Hall–Kier alpha value is -2.61. The van der Waals surface area contributed by atoms with Crippen molar-refractivity contribution in [3.05, 3.63) is 29.3 Å². The molecule has 1 aliphatic heterocycles. The number of ether oxygens (including phenoxy) is 3. The molecule has 0 saturated carbocycles. The first kappa shape index (κ1) is 21.7. The minimum atomic E-state index is -0.936. The molecule has 1 aromatic carbocycles. The highest BCUT2D eigenvalue weighted by Gasteiger charge is 2.40. The molecule has 154 valence electrons. The van der Waals surface area contributed by atoms with Crippen LogP contribution in [0.5, 0.6) is 0 Å². The van der Waals surface area contributed by atoms with E-state index < -0.39 is 23.7 Å². The number of benzene rings is 1. The van der Waals surface area contributed by atoms with E-state index in [0.29, 0.717) is 17.7 Å². The van der Waals surface area contributed by atoms with Gasteiger partial charge in [0.2, 0.25) is 0 Å². The summed E-state index contributed by atoms with van der Waals surface area (Å²) in [4.78, 5) is 40.4. The average molecular weight is 392 g/mol. The van der Waals surface area contributed by atoms with Gasteiger partial charge in [-0.25, -0.2) is 9.59 Å². The van der Waals surface area contributed by atoms with Crippen LogP contribution in [0.1, 0.15) is 37.9 Å². The molecule has 0 N–H and O–H groups in total. The maximum absolute atomic E-state index is 12.7. The monoisotopic (exact) mass is 392 g/mol. The summed E-state index contributed by atoms with van der Waals surface area (Å²) in [6, 6.07) is 4.39. The van der Waals surface area contributed by atoms with Gasteiger partial charge in [0.25, 0.3) is 5.91 Å². The lowest BCUT2D eigenvalue weighted by atomic mass is 9.91. The van der Waals surface area contributed by atoms with Gasteiger partial charge in [-0.05, 0) is 44.4 Å². The predicted molar refractivity (Wildman–Crippen MR) is 103 cm³/mol. The summed E-state index contributed by atoms with van der Waals surface area (Å²) in [5.41, 5.74) is 1.44. The van der Waals surface area contributed by atoms with Crippen molar-refractivity contribution in [2.24, 2.45) is 0 Å². The van der Waals surface area contributed by atoms with Crippen molar-refractivity contribution in [2.75, 3.05) is 39.3 Å². The summed E-state index contributed by atoms with van der Waals surface area (Å²) in [5, 5.41) is 0. The SMILES string of the molecule is COCC(=O)N(C)c1cccc2c1CCN(C(=O)OC(C)(C)C)C2C(=O)OC. The summed E-state index contributed by atoms with van der Waals surface area (Å²) in [6.45, 7) is 5.52. The normalized spacial score (nSPS) is 16.2. The minimum Gasteiger partial charge on any atom is -0.467 e. The Kier molecular flexibility index (Phi) is 6.66. The second-order valence-corrected chi connectivity index (χ2v) is 7.58. The first-order valence-corrected chi connectivity index (χ1v) is 9.05. The Morgan fingerprint density at radius 2 is 1.89 bits per heavy atom. The van der Waals surface area contributed by atoms with Crippen LogP contribution < -0.4 is 4.90 Å². The van der Waals surface area contributed by atoms with E-state index in [0.717, 1.165) is 5.56 Å². The molecule has 28 heavy (non-hydrogen) atoms. The van der Waals surface area contributed by atoms with E-state index in [1.165, 1.54) is 24.0 Å². The van der Waals surface area contributed by atoms with Gasteiger partial charge in [0, 0.05) is 26.4 Å². The zero-order valence-electron chi connectivity index (χ0n) is 17.3.